The Morgan fingerprint density at radius 2 is 2.17 bits per heavy atom. The molecule has 0 aliphatic heterocycles. The van der Waals surface area contributed by atoms with Gasteiger partial charge in [0.2, 0.25) is 15.9 Å². The normalized spacial score (nSPS) is 15.0. The van der Waals surface area contributed by atoms with Gasteiger partial charge in [0.1, 0.15) is 5.75 Å². The summed E-state index contributed by atoms with van der Waals surface area (Å²) in [7, 11) is -2.25. The molecule has 1 aromatic heterocycles. The second-order valence-electron chi connectivity index (χ2n) is 5.55. The van der Waals surface area contributed by atoms with E-state index in [1.165, 1.54) is 29.6 Å². The summed E-state index contributed by atoms with van der Waals surface area (Å²) in [5, 5.41) is 4.12. The lowest BCUT2D eigenvalue weighted by atomic mass is 10.3. The highest BCUT2D eigenvalue weighted by atomic mass is 35.5. The molecule has 1 fully saturated rings. The van der Waals surface area contributed by atoms with Crippen molar-refractivity contribution in [2.45, 2.75) is 37.1 Å². The molecule has 0 saturated heterocycles. The first kappa shape index (κ1) is 17.2. The zero-order chi connectivity index (χ0) is 17.3. The third kappa shape index (κ3) is 3.40. The van der Waals surface area contributed by atoms with Crippen LogP contribution < -0.4 is 4.74 Å². The third-order valence-corrected chi connectivity index (χ3v) is 6.05. The van der Waals surface area contributed by atoms with E-state index in [1.54, 1.807) is 6.92 Å². The molecule has 9 heteroatoms. The molecule has 24 heavy (non-hydrogen) atoms. The van der Waals surface area contributed by atoms with Crippen LogP contribution in [0.15, 0.2) is 27.6 Å². The monoisotopic (exact) mass is 371 g/mol. The van der Waals surface area contributed by atoms with Crippen molar-refractivity contribution >= 4 is 21.6 Å². The number of methoxy groups -OCH3 is 1. The Hall–Kier alpha value is -1.64. The number of halogens is 1. The summed E-state index contributed by atoms with van der Waals surface area (Å²) in [6, 6.07) is 4.38. The zero-order valence-electron chi connectivity index (χ0n) is 13.4. The number of hydrogen-bond acceptors (Lipinski definition) is 6. The maximum atomic E-state index is 12.8. The lowest BCUT2D eigenvalue weighted by Gasteiger charge is -2.19. The van der Waals surface area contributed by atoms with Crippen LogP contribution >= 0.6 is 11.6 Å². The van der Waals surface area contributed by atoms with Gasteiger partial charge in [-0.05, 0) is 31.0 Å². The number of benzene rings is 1. The molecule has 7 nitrogen and oxygen atoms in total. The summed E-state index contributed by atoms with van der Waals surface area (Å²) in [6.45, 7) is 2.09. The fourth-order valence-electron chi connectivity index (χ4n) is 2.31. The van der Waals surface area contributed by atoms with Crippen molar-refractivity contribution in [3.63, 3.8) is 0 Å². The minimum absolute atomic E-state index is 0.0543. The number of aromatic nitrogens is 2. The Kier molecular flexibility index (Phi) is 4.80. The molecule has 1 aliphatic rings. The topological polar surface area (TPSA) is 85.5 Å². The van der Waals surface area contributed by atoms with E-state index < -0.39 is 10.0 Å². The van der Waals surface area contributed by atoms with E-state index in [4.69, 9.17) is 20.9 Å². The highest BCUT2D eigenvalue weighted by Gasteiger charge is 2.31. The van der Waals surface area contributed by atoms with Gasteiger partial charge in [0.05, 0.1) is 23.6 Å². The van der Waals surface area contributed by atoms with Gasteiger partial charge in [-0.2, -0.15) is 9.29 Å². The minimum atomic E-state index is -3.72. The smallest absolute Gasteiger partial charge is 0.243 e. The van der Waals surface area contributed by atoms with E-state index in [0.29, 0.717) is 23.4 Å². The van der Waals surface area contributed by atoms with E-state index in [2.05, 4.69) is 10.1 Å². The molecule has 1 aromatic carbocycles. The summed E-state index contributed by atoms with van der Waals surface area (Å²) < 4.78 is 37.1. The lowest BCUT2D eigenvalue weighted by molar-refractivity contribution is 0.360. The largest absolute Gasteiger partial charge is 0.495 e. The molecule has 0 unspecified atom stereocenters. The summed E-state index contributed by atoms with van der Waals surface area (Å²) in [5.74, 6) is 1.71. The van der Waals surface area contributed by atoms with Gasteiger partial charge in [0.25, 0.3) is 0 Å². The highest BCUT2D eigenvalue weighted by Crippen LogP contribution is 2.39. The van der Waals surface area contributed by atoms with Gasteiger partial charge in [-0.25, -0.2) is 8.42 Å². The Labute approximate surface area is 145 Å². The van der Waals surface area contributed by atoms with E-state index in [1.807, 2.05) is 0 Å². The molecule has 0 atom stereocenters. The van der Waals surface area contributed by atoms with Gasteiger partial charge >= 0.3 is 0 Å². The average molecular weight is 372 g/mol. The van der Waals surface area contributed by atoms with Crippen LogP contribution in [-0.2, 0) is 16.6 Å². The van der Waals surface area contributed by atoms with E-state index in [9.17, 15) is 8.42 Å². The molecule has 0 amide bonds. The first-order chi connectivity index (χ1) is 11.5. The molecular formula is C15H18ClN3O4S. The third-order valence-electron chi connectivity index (χ3n) is 3.84. The number of ether oxygens (including phenoxy) is 1. The predicted octanol–water partition coefficient (Wildman–Crippen LogP) is 2.82. The van der Waals surface area contributed by atoms with Crippen LogP contribution in [0, 0.1) is 0 Å². The number of rotatable bonds is 7. The Bertz CT molecular complexity index is 833. The van der Waals surface area contributed by atoms with Crippen molar-refractivity contribution < 1.29 is 17.7 Å². The van der Waals surface area contributed by atoms with Crippen LogP contribution in [0.4, 0.5) is 0 Å². The van der Waals surface area contributed by atoms with Crippen molar-refractivity contribution in [2.24, 2.45) is 0 Å². The van der Waals surface area contributed by atoms with Gasteiger partial charge in [0, 0.05) is 12.5 Å². The van der Waals surface area contributed by atoms with Gasteiger partial charge < -0.3 is 9.26 Å². The Morgan fingerprint density at radius 1 is 1.42 bits per heavy atom. The molecule has 0 radical (unpaired) electrons. The van der Waals surface area contributed by atoms with Crippen molar-refractivity contribution in [1.29, 1.82) is 0 Å². The molecule has 2 aromatic rings. The van der Waals surface area contributed by atoms with E-state index in [0.717, 1.165) is 12.8 Å². The first-order valence-corrected chi connectivity index (χ1v) is 9.43. The molecule has 1 saturated carbocycles. The predicted molar refractivity (Wildman–Crippen MR) is 87.5 cm³/mol. The quantitative estimate of drug-likeness (QED) is 0.743. The standard InChI is InChI=1S/C15H18ClN3O4S/c1-3-19(9-14-17-15(23-18-14)10-4-5-10)24(20,21)11-6-7-13(22-2)12(16)8-11/h6-8,10H,3-5,9H2,1-2H3. The summed E-state index contributed by atoms with van der Waals surface area (Å²) in [4.78, 5) is 4.38. The first-order valence-electron chi connectivity index (χ1n) is 7.62. The van der Waals surface area contributed by atoms with E-state index in [-0.39, 0.29) is 23.0 Å². The molecule has 1 heterocycles. The molecular weight excluding hydrogens is 354 g/mol. The zero-order valence-corrected chi connectivity index (χ0v) is 15.0. The van der Waals surface area contributed by atoms with Crippen LogP contribution in [0.5, 0.6) is 5.75 Å². The number of hydrogen-bond donors (Lipinski definition) is 0. The second-order valence-corrected chi connectivity index (χ2v) is 7.90. The molecule has 0 bridgehead atoms. The van der Waals surface area contributed by atoms with Crippen LogP contribution in [-0.4, -0.2) is 36.5 Å². The number of nitrogens with zero attached hydrogens (tertiary/aromatic N) is 3. The van der Waals surface area contributed by atoms with Gasteiger partial charge in [-0.1, -0.05) is 23.7 Å². The van der Waals surface area contributed by atoms with Crippen LogP contribution in [0.25, 0.3) is 0 Å². The van der Waals surface area contributed by atoms with Crippen LogP contribution in [0.1, 0.15) is 37.4 Å². The fraction of sp³-hybridized carbons (Fsp3) is 0.467. The lowest BCUT2D eigenvalue weighted by Crippen LogP contribution is -2.31. The Morgan fingerprint density at radius 3 is 2.75 bits per heavy atom. The molecule has 3 rings (SSSR count). The van der Waals surface area contributed by atoms with Crippen molar-refractivity contribution in [3.8, 4) is 5.75 Å². The molecule has 1 aliphatic carbocycles. The minimum Gasteiger partial charge on any atom is -0.495 e. The highest BCUT2D eigenvalue weighted by molar-refractivity contribution is 7.89. The summed E-state index contributed by atoms with van der Waals surface area (Å²) >= 11 is 6.04. The summed E-state index contributed by atoms with van der Waals surface area (Å²) in [6.07, 6.45) is 2.09. The van der Waals surface area contributed by atoms with Crippen molar-refractivity contribution in [2.75, 3.05) is 13.7 Å². The van der Waals surface area contributed by atoms with Crippen molar-refractivity contribution in [3.05, 3.63) is 34.9 Å². The Balaban J connectivity index is 1.83. The summed E-state index contributed by atoms with van der Waals surface area (Å²) in [5.41, 5.74) is 0. The van der Waals surface area contributed by atoms with E-state index >= 15 is 0 Å². The van der Waals surface area contributed by atoms with Crippen LogP contribution in [0.3, 0.4) is 0 Å². The molecule has 0 spiro atoms. The SMILES string of the molecule is CCN(Cc1noc(C2CC2)n1)S(=O)(=O)c1ccc(OC)c(Cl)c1. The maximum Gasteiger partial charge on any atom is 0.243 e. The van der Waals surface area contributed by atoms with Crippen LogP contribution in [0.2, 0.25) is 5.02 Å². The average Bonchev–Trinajstić information content (AvgIpc) is 3.31. The van der Waals surface area contributed by atoms with Gasteiger partial charge in [0.15, 0.2) is 5.82 Å². The second kappa shape index (κ2) is 6.70. The fourth-order valence-corrected chi connectivity index (χ4v) is 4.06. The maximum absolute atomic E-state index is 12.8. The van der Waals surface area contributed by atoms with Gasteiger partial charge in [-0.15, -0.1) is 0 Å². The number of sulfonamides is 1. The van der Waals surface area contributed by atoms with Crippen molar-refractivity contribution in [1.82, 2.24) is 14.4 Å². The molecule has 0 N–H and O–H groups in total. The molecule has 130 valence electrons. The van der Waals surface area contributed by atoms with Gasteiger partial charge in [-0.3, -0.25) is 0 Å².